The van der Waals surface area contributed by atoms with Gasteiger partial charge in [0.25, 0.3) is 0 Å². The summed E-state index contributed by atoms with van der Waals surface area (Å²) in [7, 11) is 0. The van der Waals surface area contributed by atoms with Crippen LogP contribution in [0.15, 0.2) is 18.2 Å². The molecule has 2 rings (SSSR count). The molecule has 1 atom stereocenters. The molecule has 1 heterocycles. The van der Waals surface area contributed by atoms with E-state index in [-0.39, 0.29) is 0 Å². The van der Waals surface area contributed by atoms with Crippen molar-refractivity contribution in [2.45, 2.75) is 18.9 Å². The second-order valence-corrected chi connectivity index (χ2v) is 3.63. The van der Waals surface area contributed by atoms with E-state index in [0.717, 1.165) is 24.2 Å². The van der Waals surface area contributed by atoms with E-state index in [1.807, 2.05) is 6.07 Å². The number of aliphatic hydroxyl groups is 1. The van der Waals surface area contributed by atoms with Crippen LogP contribution < -0.4 is 4.74 Å². The van der Waals surface area contributed by atoms with Gasteiger partial charge in [-0.3, -0.25) is 0 Å². The Labute approximate surface area is 82.1 Å². The summed E-state index contributed by atoms with van der Waals surface area (Å²) in [5, 5.41) is 10.4. The number of aliphatic hydroxyl groups excluding tert-OH is 1. The highest BCUT2D eigenvalue weighted by molar-refractivity contribution is 6.30. The van der Waals surface area contributed by atoms with E-state index >= 15 is 0 Å². The van der Waals surface area contributed by atoms with Crippen LogP contribution in [0.4, 0.5) is 0 Å². The van der Waals surface area contributed by atoms with E-state index < -0.39 is 6.10 Å². The van der Waals surface area contributed by atoms with Crippen LogP contribution in [0.5, 0.6) is 5.75 Å². The van der Waals surface area contributed by atoms with E-state index in [4.69, 9.17) is 16.3 Å². The molecule has 1 aromatic carbocycles. The Balaban J connectivity index is 2.42. The highest BCUT2D eigenvalue weighted by atomic mass is 35.5. The lowest BCUT2D eigenvalue weighted by molar-refractivity contribution is 0.167. The summed E-state index contributed by atoms with van der Waals surface area (Å²) in [5.41, 5.74) is 0.849. The Morgan fingerprint density at radius 3 is 3.15 bits per heavy atom. The number of hydrogen-bond acceptors (Lipinski definition) is 2. The molecule has 0 aromatic heterocycles. The van der Waals surface area contributed by atoms with Crippen LogP contribution in [0.3, 0.4) is 0 Å². The molecule has 1 aliphatic rings. The summed E-state index contributed by atoms with van der Waals surface area (Å²) in [4.78, 5) is 0. The lowest BCUT2D eigenvalue weighted by Gasteiger charge is -2.10. The second-order valence-electron chi connectivity index (χ2n) is 3.19. The highest BCUT2D eigenvalue weighted by Crippen LogP contribution is 2.33. The summed E-state index contributed by atoms with van der Waals surface area (Å²) < 4.78 is 5.46. The van der Waals surface area contributed by atoms with Gasteiger partial charge in [0.05, 0.1) is 12.7 Å². The van der Waals surface area contributed by atoms with Crippen molar-refractivity contribution >= 4 is 11.6 Å². The van der Waals surface area contributed by atoms with Crippen LogP contribution in [0.1, 0.15) is 24.5 Å². The molecule has 70 valence electrons. The molecule has 0 aliphatic carbocycles. The molecule has 3 heteroatoms. The first-order chi connectivity index (χ1) is 6.27. The van der Waals surface area contributed by atoms with Crippen LogP contribution in [0.2, 0.25) is 5.02 Å². The van der Waals surface area contributed by atoms with Gasteiger partial charge in [0.15, 0.2) is 0 Å². The van der Waals surface area contributed by atoms with E-state index in [0.29, 0.717) is 11.6 Å². The van der Waals surface area contributed by atoms with Crippen molar-refractivity contribution in [1.82, 2.24) is 0 Å². The first-order valence-electron chi connectivity index (χ1n) is 4.37. The zero-order valence-electron chi connectivity index (χ0n) is 7.16. The summed E-state index contributed by atoms with van der Waals surface area (Å²) in [5.74, 6) is 0.720. The molecule has 0 bridgehead atoms. The topological polar surface area (TPSA) is 29.5 Å². The Morgan fingerprint density at radius 1 is 1.46 bits per heavy atom. The van der Waals surface area contributed by atoms with Gasteiger partial charge in [0.2, 0.25) is 0 Å². The molecule has 2 nitrogen and oxygen atoms in total. The van der Waals surface area contributed by atoms with Gasteiger partial charge in [-0.1, -0.05) is 17.7 Å². The molecule has 1 aliphatic heterocycles. The van der Waals surface area contributed by atoms with E-state index in [9.17, 15) is 5.11 Å². The molecule has 0 saturated carbocycles. The van der Waals surface area contributed by atoms with Gasteiger partial charge in [0.1, 0.15) is 5.75 Å². The molecule has 0 fully saturated rings. The monoisotopic (exact) mass is 198 g/mol. The quantitative estimate of drug-likeness (QED) is 0.694. The van der Waals surface area contributed by atoms with Crippen LogP contribution >= 0.6 is 11.6 Å². The molecule has 1 aromatic rings. The van der Waals surface area contributed by atoms with Gasteiger partial charge in [-0.15, -0.1) is 0 Å². The third kappa shape index (κ3) is 1.79. The van der Waals surface area contributed by atoms with E-state index in [1.165, 1.54) is 0 Å². The minimum absolute atomic E-state index is 0.408. The fourth-order valence-corrected chi connectivity index (χ4v) is 1.68. The zero-order valence-corrected chi connectivity index (χ0v) is 7.92. The molecule has 13 heavy (non-hydrogen) atoms. The van der Waals surface area contributed by atoms with Crippen molar-refractivity contribution in [2.75, 3.05) is 6.61 Å². The maximum Gasteiger partial charge on any atom is 0.126 e. The van der Waals surface area contributed by atoms with Gasteiger partial charge < -0.3 is 9.84 Å². The smallest absolute Gasteiger partial charge is 0.126 e. The molecule has 1 unspecified atom stereocenters. The number of benzene rings is 1. The largest absolute Gasteiger partial charge is 0.493 e. The minimum atomic E-state index is -0.408. The highest BCUT2D eigenvalue weighted by Gasteiger charge is 2.16. The van der Waals surface area contributed by atoms with Crippen molar-refractivity contribution in [2.24, 2.45) is 0 Å². The van der Waals surface area contributed by atoms with Crippen LogP contribution in [0, 0.1) is 0 Å². The first kappa shape index (κ1) is 8.85. The molecular formula is C10H11ClO2. The molecule has 0 spiro atoms. The van der Waals surface area contributed by atoms with E-state index in [2.05, 4.69) is 0 Å². The number of ether oxygens (including phenoxy) is 1. The van der Waals surface area contributed by atoms with Gasteiger partial charge >= 0.3 is 0 Å². The SMILES string of the molecule is OC1CCCOc2cc(Cl)ccc21. The molecule has 1 N–H and O–H groups in total. The van der Waals surface area contributed by atoms with Crippen LogP contribution in [-0.4, -0.2) is 11.7 Å². The van der Waals surface area contributed by atoms with Crippen molar-refractivity contribution in [3.63, 3.8) is 0 Å². The lowest BCUT2D eigenvalue weighted by atomic mass is 10.1. The number of halogens is 1. The summed E-state index contributed by atoms with van der Waals surface area (Å²) >= 11 is 5.82. The lowest BCUT2D eigenvalue weighted by Crippen LogP contribution is -1.95. The van der Waals surface area contributed by atoms with Crippen molar-refractivity contribution < 1.29 is 9.84 Å². The summed E-state index contributed by atoms with van der Waals surface area (Å²) in [6.07, 6.45) is 1.23. The van der Waals surface area contributed by atoms with Crippen molar-refractivity contribution in [3.05, 3.63) is 28.8 Å². The third-order valence-corrected chi connectivity index (χ3v) is 2.45. The molecular weight excluding hydrogens is 188 g/mol. The number of rotatable bonds is 0. The van der Waals surface area contributed by atoms with E-state index in [1.54, 1.807) is 12.1 Å². The maximum atomic E-state index is 9.71. The fourth-order valence-electron chi connectivity index (χ4n) is 1.52. The average molecular weight is 199 g/mol. The van der Waals surface area contributed by atoms with Crippen LogP contribution in [-0.2, 0) is 0 Å². The average Bonchev–Trinajstić information content (AvgIpc) is 2.28. The second kappa shape index (κ2) is 3.56. The number of hydrogen-bond donors (Lipinski definition) is 1. The van der Waals surface area contributed by atoms with Gasteiger partial charge in [0, 0.05) is 10.6 Å². The molecule has 0 amide bonds. The van der Waals surface area contributed by atoms with Crippen LogP contribution in [0.25, 0.3) is 0 Å². The number of fused-ring (bicyclic) bond motifs is 1. The summed E-state index contributed by atoms with van der Waals surface area (Å²) in [6, 6.07) is 5.36. The first-order valence-corrected chi connectivity index (χ1v) is 4.75. The Morgan fingerprint density at radius 2 is 2.31 bits per heavy atom. The Hall–Kier alpha value is -0.730. The third-order valence-electron chi connectivity index (χ3n) is 2.21. The molecule has 0 saturated heterocycles. The van der Waals surface area contributed by atoms with Gasteiger partial charge in [-0.05, 0) is 25.0 Å². The summed E-state index contributed by atoms with van der Waals surface area (Å²) in [6.45, 7) is 0.657. The van der Waals surface area contributed by atoms with Crippen molar-refractivity contribution in [1.29, 1.82) is 0 Å². The predicted molar refractivity (Wildman–Crippen MR) is 51.1 cm³/mol. The molecule has 0 radical (unpaired) electrons. The fraction of sp³-hybridized carbons (Fsp3) is 0.400. The minimum Gasteiger partial charge on any atom is -0.493 e. The maximum absolute atomic E-state index is 9.71. The zero-order chi connectivity index (χ0) is 9.26. The van der Waals surface area contributed by atoms with Gasteiger partial charge in [-0.2, -0.15) is 0 Å². The Bertz CT molecular complexity index is 312. The normalized spacial score (nSPS) is 21.5. The Kier molecular flexibility index (Phi) is 2.42. The predicted octanol–water partition coefficient (Wildman–Crippen LogP) is 2.55. The standard InChI is InChI=1S/C10H11ClO2/c11-7-3-4-8-9(12)2-1-5-13-10(8)6-7/h3-4,6,9,12H,1-2,5H2. The van der Waals surface area contributed by atoms with Gasteiger partial charge in [-0.25, -0.2) is 0 Å². The van der Waals surface area contributed by atoms with Crippen molar-refractivity contribution in [3.8, 4) is 5.75 Å².